The number of nitrogens with one attached hydrogen (secondary N) is 1. The van der Waals surface area contributed by atoms with Gasteiger partial charge < -0.3 is 15.0 Å². The number of ether oxygens (including phenoxy) is 1. The molecule has 2 rings (SSSR count). The molecule has 1 aromatic rings. The summed E-state index contributed by atoms with van der Waals surface area (Å²) in [5, 5.41) is 4.42. The molecule has 1 aliphatic rings. The van der Waals surface area contributed by atoms with Crippen LogP contribution >= 0.6 is 11.6 Å². The molecule has 1 N–H and O–H groups in total. The molecule has 0 saturated heterocycles. The van der Waals surface area contributed by atoms with Gasteiger partial charge in [0.1, 0.15) is 0 Å². The zero-order valence-corrected chi connectivity index (χ0v) is 13.8. The van der Waals surface area contributed by atoms with E-state index in [1.54, 1.807) is 0 Å². The first-order valence-corrected chi connectivity index (χ1v) is 7.59. The Bertz CT molecular complexity index is 474. The highest BCUT2D eigenvalue weighted by molar-refractivity contribution is 6.34. The zero-order valence-electron chi connectivity index (χ0n) is 13.0. The second-order valence-electron chi connectivity index (χ2n) is 6.23. The predicted octanol–water partition coefficient (Wildman–Crippen LogP) is 4.02. The Morgan fingerprint density at radius 2 is 2.10 bits per heavy atom. The molecular weight excluding hydrogens is 272 g/mol. The molecule has 0 aromatic heterocycles. The first kappa shape index (κ1) is 15.5. The van der Waals surface area contributed by atoms with Crippen molar-refractivity contribution in [1.29, 1.82) is 0 Å². The molecule has 0 amide bonds. The summed E-state index contributed by atoms with van der Waals surface area (Å²) in [5.41, 5.74) is 2.28. The molecule has 1 fully saturated rings. The minimum Gasteiger partial charge on any atom is -0.380 e. The van der Waals surface area contributed by atoms with E-state index < -0.39 is 0 Å². The maximum absolute atomic E-state index is 6.31. The Hall–Kier alpha value is -0.930. The Balaban J connectivity index is 2.15. The van der Waals surface area contributed by atoms with E-state index in [0.717, 1.165) is 29.4 Å². The number of halogens is 1. The Morgan fingerprint density at radius 1 is 1.40 bits per heavy atom. The molecule has 1 saturated carbocycles. The van der Waals surface area contributed by atoms with Crippen LogP contribution in [0.15, 0.2) is 18.2 Å². The van der Waals surface area contributed by atoms with E-state index in [1.165, 1.54) is 0 Å². The van der Waals surface area contributed by atoms with Crippen LogP contribution < -0.4 is 10.2 Å². The molecule has 20 heavy (non-hydrogen) atoms. The fraction of sp³-hybridized carbons (Fsp3) is 0.625. The van der Waals surface area contributed by atoms with Crippen molar-refractivity contribution in [1.82, 2.24) is 0 Å². The largest absolute Gasteiger partial charge is 0.380 e. The summed E-state index contributed by atoms with van der Waals surface area (Å²) < 4.78 is 5.79. The summed E-state index contributed by atoms with van der Waals surface area (Å²) >= 11 is 6.31. The smallest absolute Gasteiger partial charge is 0.0786 e. The first-order chi connectivity index (χ1) is 9.37. The van der Waals surface area contributed by atoms with Gasteiger partial charge in [0, 0.05) is 32.2 Å². The van der Waals surface area contributed by atoms with Gasteiger partial charge in [-0.15, -0.1) is 0 Å². The Morgan fingerprint density at radius 3 is 2.65 bits per heavy atom. The molecule has 1 aromatic carbocycles. The summed E-state index contributed by atoms with van der Waals surface area (Å²) in [6.07, 6.45) is 1.38. The van der Waals surface area contributed by atoms with E-state index in [4.69, 9.17) is 16.3 Å². The minimum absolute atomic E-state index is 0.141. The lowest BCUT2D eigenvalue weighted by molar-refractivity contribution is -0.0975. The van der Waals surface area contributed by atoms with Crippen LogP contribution in [0.4, 0.5) is 11.4 Å². The number of rotatable bonds is 5. The molecular formula is C16H25ClN2O. The van der Waals surface area contributed by atoms with Crippen LogP contribution in [-0.2, 0) is 4.74 Å². The molecule has 112 valence electrons. The molecule has 2 unspecified atom stereocenters. The second-order valence-corrected chi connectivity index (χ2v) is 6.64. The monoisotopic (exact) mass is 296 g/mol. The van der Waals surface area contributed by atoms with Crippen molar-refractivity contribution >= 4 is 23.0 Å². The lowest BCUT2D eigenvalue weighted by Gasteiger charge is -2.52. The van der Waals surface area contributed by atoms with Crippen molar-refractivity contribution in [2.75, 3.05) is 30.9 Å². The van der Waals surface area contributed by atoms with Crippen LogP contribution in [0.3, 0.4) is 0 Å². The highest BCUT2D eigenvalue weighted by atomic mass is 35.5. The fourth-order valence-electron chi connectivity index (χ4n) is 2.89. The van der Waals surface area contributed by atoms with E-state index in [1.807, 2.05) is 26.2 Å². The lowest BCUT2D eigenvalue weighted by atomic mass is 9.64. The number of anilines is 2. The van der Waals surface area contributed by atoms with E-state index in [9.17, 15) is 0 Å². The molecule has 0 spiro atoms. The molecule has 0 bridgehead atoms. The summed E-state index contributed by atoms with van der Waals surface area (Å²) in [7, 11) is 4.03. The number of para-hydroxylation sites is 1. The van der Waals surface area contributed by atoms with Crippen LogP contribution in [-0.4, -0.2) is 32.8 Å². The maximum Gasteiger partial charge on any atom is 0.0786 e. The van der Waals surface area contributed by atoms with E-state index in [-0.39, 0.29) is 5.41 Å². The van der Waals surface area contributed by atoms with Gasteiger partial charge in [0.05, 0.1) is 22.5 Å². The third-order valence-corrected chi connectivity index (χ3v) is 4.61. The molecule has 0 aliphatic heterocycles. The summed E-state index contributed by atoms with van der Waals surface area (Å²) in [6.45, 7) is 7.35. The van der Waals surface area contributed by atoms with Crippen LogP contribution in [0.5, 0.6) is 0 Å². The zero-order chi connectivity index (χ0) is 14.9. The van der Waals surface area contributed by atoms with Crippen molar-refractivity contribution in [2.45, 2.75) is 39.3 Å². The lowest BCUT2D eigenvalue weighted by Crippen LogP contribution is -2.58. The fourth-order valence-corrected chi connectivity index (χ4v) is 3.23. The summed E-state index contributed by atoms with van der Waals surface area (Å²) in [6, 6.07) is 6.42. The van der Waals surface area contributed by atoms with Crippen LogP contribution in [0.1, 0.15) is 27.2 Å². The standard InChI is InChI=1S/C16H25ClN2O/c1-6-20-14-10-13(16(14,2)3)18-12-9-7-8-11(17)15(12)19(4)5/h7-9,13-14,18H,6,10H2,1-5H3. The van der Waals surface area contributed by atoms with Gasteiger partial charge in [-0.3, -0.25) is 0 Å². The van der Waals surface area contributed by atoms with Crippen molar-refractivity contribution in [2.24, 2.45) is 5.41 Å². The van der Waals surface area contributed by atoms with Crippen LogP contribution in [0, 0.1) is 5.41 Å². The number of hydrogen-bond acceptors (Lipinski definition) is 3. The summed E-state index contributed by atoms with van der Waals surface area (Å²) in [5.74, 6) is 0. The van der Waals surface area contributed by atoms with Gasteiger partial charge >= 0.3 is 0 Å². The van der Waals surface area contributed by atoms with Crippen molar-refractivity contribution in [3.63, 3.8) is 0 Å². The Kier molecular flexibility index (Phi) is 4.50. The molecule has 2 atom stereocenters. The van der Waals surface area contributed by atoms with Gasteiger partial charge in [-0.2, -0.15) is 0 Å². The SMILES string of the molecule is CCOC1CC(Nc2cccc(Cl)c2N(C)C)C1(C)C. The highest BCUT2D eigenvalue weighted by Gasteiger charge is 2.49. The van der Waals surface area contributed by atoms with Gasteiger partial charge in [0.25, 0.3) is 0 Å². The van der Waals surface area contributed by atoms with E-state index in [0.29, 0.717) is 12.1 Å². The van der Waals surface area contributed by atoms with Gasteiger partial charge in [-0.25, -0.2) is 0 Å². The molecule has 4 heteroatoms. The van der Waals surface area contributed by atoms with Crippen molar-refractivity contribution < 1.29 is 4.74 Å². The molecule has 0 radical (unpaired) electrons. The van der Waals surface area contributed by atoms with Gasteiger partial charge in [-0.1, -0.05) is 31.5 Å². The normalized spacial score (nSPS) is 24.1. The van der Waals surface area contributed by atoms with E-state index >= 15 is 0 Å². The van der Waals surface area contributed by atoms with Crippen LogP contribution in [0.2, 0.25) is 5.02 Å². The van der Waals surface area contributed by atoms with Crippen LogP contribution in [0.25, 0.3) is 0 Å². The number of hydrogen-bond donors (Lipinski definition) is 1. The first-order valence-electron chi connectivity index (χ1n) is 7.22. The highest BCUT2D eigenvalue weighted by Crippen LogP contribution is 2.45. The van der Waals surface area contributed by atoms with Crippen molar-refractivity contribution in [3.05, 3.63) is 23.2 Å². The second kappa shape index (κ2) is 5.82. The van der Waals surface area contributed by atoms with Gasteiger partial charge in [-0.05, 0) is 25.5 Å². The average Bonchev–Trinajstić information content (AvgIpc) is 2.37. The predicted molar refractivity (Wildman–Crippen MR) is 87.0 cm³/mol. The Labute approximate surface area is 127 Å². The third kappa shape index (κ3) is 2.75. The van der Waals surface area contributed by atoms with Gasteiger partial charge in [0.15, 0.2) is 0 Å². The van der Waals surface area contributed by atoms with Gasteiger partial charge in [0.2, 0.25) is 0 Å². The quantitative estimate of drug-likeness (QED) is 0.888. The molecule has 0 heterocycles. The average molecular weight is 297 g/mol. The van der Waals surface area contributed by atoms with E-state index in [2.05, 4.69) is 37.1 Å². The number of benzene rings is 1. The molecule has 3 nitrogen and oxygen atoms in total. The maximum atomic E-state index is 6.31. The summed E-state index contributed by atoms with van der Waals surface area (Å²) in [4.78, 5) is 2.05. The van der Waals surface area contributed by atoms with Crippen molar-refractivity contribution in [3.8, 4) is 0 Å². The minimum atomic E-state index is 0.141. The third-order valence-electron chi connectivity index (χ3n) is 4.31. The topological polar surface area (TPSA) is 24.5 Å². The molecule has 1 aliphatic carbocycles. The number of nitrogens with zero attached hydrogens (tertiary/aromatic N) is 1.